The number of carbonyl (C=O) groups is 1. The first-order valence-corrected chi connectivity index (χ1v) is 11.2. The van der Waals surface area contributed by atoms with Crippen molar-refractivity contribution in [2.24, 2.45) is 0 Å². The fourth-order valence-corrected chi connectivity index (χ4v) is 5.00. The first-order valence-electron chi connectivity index (χ1n) is 11.2. The van der Waals surface area contributed by atoms with Crippen molar-refractivity contribution in [1.29, 1.82) is 0 Å². The summed E-state index contributed by atoms with van der Waals surface area (Å²) in [7, 11) is 0. The van der Waals surface area contributed by atoms with E-state index in [1.54, 1.807) is 18.5 Å². The molecule has 32 heavy (non-hydrogen) atoms. The first kappa shape index (κ1) is 20.6. The Balaban J connectivity index is 1.37. The number of ether oxygens (including phenoxy) is 1. The van der Waals surface area contributed by atoms with Crippen LogP contribution in [0.1, 0.15) is 42.9 Å². The molecule has 0 unspecified atom stereocenters. The number of benzene rings is 1. The Morgan fingerprint density at radius 2 is 1.91 bits per heavy atom. The van der Waals surface area contributed by atoms with Gasteiger partial charge < -0.3 is 10.1 Å². The molecule has 2 atom stereocenters. The molecule has 0 aliphatic carbocycles. The maximum atomic E-state index is 12.5. The summed E-state index contributed by atoms with van der Waals surface area (Å²) in [5.41, 5.74) is 1.93. The molecule has 3 aromatic rings. The second kappa shape index (κ2) is 9.04. The van der Waals surface area contributed by atoms with Crippen molar-refractivity contribution in [3.63, 3.8) is 0 Å². The summed E-state index contributed by atoms with van der Waals surface area (Å²) in [5.74, 6) is 1.04. The SMILES string of the molecule is O=C1CCCC[C@]2(CN(Cc3cccc(Oc4ncccn4)c3)C[C@H]2c2ccccn2)N1. The van der Waals surface area contributed by atoms with E-state index in [-0.39, 0.29) is 17.4 Å². The molecule has 0 bridgehead atoms. The zero-order chi connectivity index (χ0) is 21.8. The van der Waals surface area contributed by atoms with E-state index in [1.165, 1.54) is 0 Å². The van der Waals surface area contributed by atoms with E-state index >= 15 is 0 Å². The number of likely N-dealkylation sites (tertiary alicyclic amines) is 1. The van der Waals surface area contributed by atoms with Gasteiger partial charge in [-0.3, -0.25) is 14.7 Å². The topological polar surface area (TPSA) is 80.2 Å². The minimum absolute atomic E-state index is 0.156. The van der Waals surface area contributed by atoms with Crippen molar-refractivity contribution in [3.05, 3.63) is 78.4 Å². The predicted octanol–water partition coefficient (Wildman–Crippen LogP) is 3.69. The Hall–Kier alpha value is -3.32. The Bertz CT molecular complexity index is 1060. The molecule has 1 spiro atoms. The van der Waals surface area contributed by atoms with Crippen molar-refractivity contribution in [1.82, 2.24) is 25.2 Å². The van der Waals surface area contributed by atoms with Gasteiger partial charge in [-0.2, -0.15) is 0 Å². The third kappa shape index (κ3) is 4.48. The molecule has 0 radical (unpaired) electrons. The monoisotopic (exact) mass is 429 g/mol. The van der Waals surface area contributed by atoms with E-state index in [2.05, 4.69) is 37.3 Å². The van der Waals surface area contributed by atoms with Gasteiger partial charge in [-0.25, -0.2) is 9.97 Å². The molecular weight excluding hydrogens is 402 g/mol. The summed E-state index contributed by atoms with van der Waals surface area (Å²) < 4.78 is 5.81. The normalized spacial score (nSPS) is 23.6. The van der Waals surface area contributed by atoms with Crippen molar-refractivity contribution >= 4 is 5.91 Å². The summed E-state index contributed by atoms with van der Waals surface area (Å²) in [6.45, 7) is 2.44. The predicted molar refractivity (Wildman–Crippen MR) is 120 cm³/mol. The van der Waals surface area contributed by atoms with Gasteiger partial charge in [0, 0.05) is 56.3 Å². The van der Waals surface area contributed by atoms with Gasteiger partial charge in [0.15, 0.2) is 0 Å². The zero-order valence-electron chi connectivity index (χ0n) is 18.0. The standard InChI is InChI=1S/C25H27N5O2/c31-23-10-1-3-11-25(29-23)18-30(17-21(25)22-9-2-4-12-26-22)16-19-7-5-8-20(15-19)32-24-27-13-6-14-28-24/h2,4-9,12-15,21H,1,3,10-11,16-18H2,(H,29,31)/t21-,25+/m0/s1. The van der Waals surface area contributed by atoms with Crippen LogP contribution in [0.15, 0.2) is 67.1 Å². The molecule has 2 aliphatic heterocycles. The Morgan fingerprint density at radius 1 is 1.03 bits per heavy atom. The molecule has 164 valence electrons. The highest BCUT2D eigenvalue weighted by molar-refractivity contribution is 5.77. The average Bonchev–Trinajstić information content (AvgIpc) is 3.03. The Morgan fingerprint density at radius 3 is 2.75 bits per heavy atom. The summed E-state index contributed by atoms with van der Waals surface area (Å²) >= 11 is 0. The van der Waals surface area contributed by atoms with Gasteiger partial charge in [-0.1, -0.05) is 24.6 Å². The second-order valence-electron chi connectivity index (χ2n) is 8.67. The van der Waals surface area contributed by atoms with E-state index < -0.39 is 0 Å². The number of amides is 1. The van der Waals surface area contributed by atoms with E-state index in [4.69, 9.17) is 4.74 Å². The molecule has 1 N–H and O–H groups in total. The van der Waals surface area contributed by atoms with Crippen LogP contribution in [0.25, 0.3) is 0 Å². The highest BCUT2D eigenvalue weighted by Crippen LogP contribution is 2.40. The average molecular weight is 430 g/mol. The lowest BCUT2D eigenvalue weighted by Gasteiger charge is -2.34. The smallest absolute Gasteiger partial charge is 0.321 e. The number of rotatable bonds is 5. The van der Waals surface area contributed by atoms with Crippen LogP contribution in [0.3, 0.4) is 0 Å². The van der Waals surface area contributed by atoms with Gasteiger partial charge in [0.05, 0.1) is 5.54 Å². The zero-order valence-corrected chi connectivity index (χ0v) is 18.0. The van der Waals surface area contributed by atoms with Crippen molar-refractivity contribution < 1.29 is 9.53 Å². The number of aromatic nitrogens is 3. The summed E-state index contributed by atoms with van der Waals surface area (Å²) in [5, 5.41) is 3.40. The van der Waals surface area contributed by atoms with E-state index in [9.17, 15) is 4.79 Å². The van der Waals surface area contributed by atoms with E-state index in [1.807, 2.05) is 36.5 Å². The van der Waals surface area contributed by atoms with Crippen LogP contribution >= 0.6 is 0 Å². The van der Waals surface area contributed by atoms with Crippen LogP contribution in [0.4, 0.5) is 0 Å². The molecular formula is C25H27N5O2. The number of hydrogen-bond acceptors (Lipinski definition) is 6. The van der Waals surface area contributed by atoms with Gasteiger partial charge in [0.25, 0.3) is 0 Å². The van der Waals surface area contributed by atoms with Crippen LogP contribution in [-0.2, 0) is 11.3 Å². The minimum atomic E-state index is -0.270. The summed E-state index contributed by atoms with van der Waals surface area (Å²) in [4.78, 5) is 27.9. The fraction of sp³-hybridized carbons (Fsp3) is 0.360. The number of carbonyl (C=O) groups excluding carboxylic acids is 1. The maximum absolute atomic E-state index is 12.5. The van der Waals surface area contributed by atoms with Gasteiger partial charge in [-0.05, 0) is 48.7 Å². The number of nitrogens with zero attached hydrogens (tertiary/aromatic N) is 4. The van der Waals surface area contributed by atoms with Crippen LogP contribution < -0.4 is 10.1 Å². The molecule has 1 aromatic carbocycles. The first-order chi connectivity index (χ1) is 15.7. The van der Waals surface area contributed by atoms with Crippen molar-refractivity contribution in [2.45, 2.75) is 43.7 Å². The van der Waals surface area contributed by atoms with E-state index in [0.717, 1.165) is 50.2 Å². The molecule has 2 fully saturated rings. The van der Waals surface area contributed by atoms with Gasteiger partial charge >= 0.3 is 6.01 Å². The van der Waals surface area contributed by atoms with Crippen molar-refractivity contribution in [2.75, 3.05) is 13.1 Å². The number of hydrogen-bond donors (Lipinski definition) is 1. The van der Waals surface area contributed by atoms with Crippen LogP contribution in [0.5, 0.6) is 11.8 Å². The molecule has 2 aromatic heterocycles. The lowest BCUT2D eigenvalue weighted by Crippen LogP contribution is -2.52. The van der Waals surface area contributed by atoms with Crippen molar-refractivity contribution in [3.8, 4) is 11.8 Å². The maximum Gasteiger partial charge on any atom is 0.321 e. The largest absolute Gasteiger partial charge is 0.424 e. The Kier molecular flexibility index (Phi) is 5.81. The number of pyridine rings is 1. The molecule has 2 saturated heterocycles. The molecule has 5 rings (SSSR count). The highest BCUT2D eigenvalue weighted by Gasteiger charge is 2.49. The van der Waals surface area contributed by atoms with Crippen LogP contribution in [-0.4, -0.2) is 44.4 Å². The van der Waals surface area contributed by atoms with Gasteiger partial charge in [0.2, 0.25) is 5.91 Å². The number of nitrogens with one attached hydrogen (secondary N) is 1. The lowest BCUT2D eigenvalue weighted by molar-refractivity contribution is -0.122. The summed E-state index contributed by atoms with van der Waals surface area (Å²) in [6, 6.07) is 16.2. The lowest BCUT2D eigenvalue weighted by atomic mass is 9.81. The molecule has 7 heteroatoms. The third-order valence-electron chi connectivity index (χ3n) is 6.38. The van der Waals surface area contributed by atoms with Gasteiger partial charge in [-0.15, -0.1) is 0 Å². The van der Waals surface area contributed by atoms with Gasteiger partial charge in [0.1, 0.15) is 5.75 Å². The molecule has 0 saturated carbocycles. The second-order valence-corrected chi connectivity index (χ2v) is 8.67. The summed E-state index contributed by atoms with van der Waals surface area (Å²) in [6.07, 6.45) is 8.75. The molecule has 7 nitrogen and oxygen atoms in total. The highest BCUT2D eigenvalue weighted by atomic mass is 16.5. The minimum Gasteiger partial charge on any atom is -0.424 e. The quantitative estimate of drug-likeness (QED) is 0.666. The van der Waals surface area contributed by atoms with Crippen LogP contribution in [0.2, 0.25) is 0 Å². The molecule has 1 amide bonds. The van der Waals surface area contributed by atoms with E-state index in [0.29, 0.717) is 18.2 Å². The third-order valence-corrected chi connectivity index (χ3v) is 6.38. The molecule has 4 heterocycles. The Labute approximate surface area is 187 Å². The fourth-order valence-electron chi connectivity index (χ4n) is 5.00. The van der Waals surface area contributed by atoms with Crippen LogP contribution in [0, 0.1) is 0 Å². The molecule has 2 aliphatic rings.